The molecule has 1 aliphatic rings. The molecule has 1 aromatic carbocycles. The molecule has 8 heteroatoms. The normalized spacial score (nSPS) is 16.0. The molecule has 148 valence electrons. The molecule has 6 nitrogen and oxygen atoms in total. The maximum absolute atomic E-state index is 14.2. The van der Waals surface area contributed by atoms with Crippen molar-refractivity contribution in [3.05, 3.63) is 69.7 Å². The minimum atomic E-state index is -1.13. The van der Waals surface area contributed by atoms with Crippen LogP contribution in [0.25, 0.3) is 10.9 Å². The second-order valence-corrected chi connectivity index (χ2v) is 6.98. The lowest BCUT2D eigenvalue weighted by molar-refractivity contribution is -0.124. The Balaban J connectivity index is 1.95. The van der Waals surface area contributed by atoms with Crippen molar-refractivity contribution >= 4 is 23.5 Å². The van der Waals surface area contributed by atoms with Crippen LogP contribution in [0.2, 0.25) is 0 Å². The number of benzene rings is 1. The van der Waals surface area contributed by atoms with Crippen molar-refractivity contribution in [1.29, 1.82) is 5.26 Å². The molecule has 0 unspecified atom stereocenters. The van der Waals surface area contributed by atoms with Crippen LogP contribution in [0.3, 0.4) is 0 Å². The van der Waals surface area contributed by atoms with Gasteiger partial charge in [-0.1, -0.05) is 6.58 Å². The highest BCUT2D eigenvalue weighted by molar-refractivity contribution is 5.93. The summed E-state index contributed by atoms with van der Waals surface area (Å²) in [5.74, 6) is -2.56. The Morgan fingerprint density at radius 2 is 2.14 bits per heavy atom. The van der Waals surface area contributed by atoms with Crippen molar-refractivity contribution < 1.29 is 13.6 Å². The van der Waals surface area contributed by atoms with Crippen molar-refractivity contribution in [2.24, 2.45) is 4.99 Å². The number of carbonyl (C=O) groups excluding carboxylic acids is 1. The molecule has 0 saturated heterocycles. The van der Waals surface area contributed by atoms with Crippen LogP contribution in [0.5, 0.6) is 0 Å². The molecule has 2 aromatic rings. The van der Waals surface area contributed by atoms with Gasteiger partial charge in [0.25, 0.3) is 5.56 Å². The molecule has 0 bridgehead atoms. The highest BCUT2D eigenvalue weighted by Gasteiger charge is 2.53. The Morgan fingerprint density at radius 3 is 2.72 bits per heavy atom. The van der Waals surface area contributed by atoms with Gasteiger partial charge in [0, 0.05) is 16.5 Å². The number of fused-ring (bicyclic) bond motifs is 1. The number of aromatic nitrogens is 1. The zero-order chi connectivity index (χ0) is 21.3. The largest absolute Gasteiger partial charge is 0.347 e. The number of H-pyrrole nitrogens is 1. The van der Waals surface area contributed by atoms with E-state index >= 15 is 0 Å². The topological polar surface area (TPSA) is 98.1 Å². The summed E-state index contributed by atoms with van der Waals surface area (Å²) in [4.78, 5) is 31.8. The number of allylic oxidation sites excluding steroid dienone is 2. The number of amides is 1. The summed E-state index contributed by atoms with van der Waals surface area (Å²) in [6, 6.07) is 4.70. The summed E-state index contributed by atoms with van der Waals surface area (Å²) in [5, 5.41) is 11.5. The number of aliphatic imine (C=N–C) groups is 1. The minimum Gasteiger partial charge on any atom is -0.347 e. The van der Waals surface area contributed by atoms with E-state index < -0.39 is 34.6 Å². The van der Waals surface area contributed by atoms with E-state index in [4.69, 9.17) is 5.26 Å². The monoisotopic (exact) mass is 396 g/mol. The molecule has 2 N–H and O–H groups in total. The third-order valence-corrected chi connectivity index (χ3v) is 5.05. The van der Waals surface area contributed by atoms with Crippen LogP contribution in [-0.4, -0.2) is 23.7 Å². The van der Waals surface area contributed by atoms with Crippen LogP contribution in [0.15, 0.2) is 51.9 Å². The molecule has 0 aliphatic heterocycles. The number of hydrogen-bond donors (Lipinski definition) is 2. The summed E-state index contributed by atoms with van der Waals surface area (Å²) in [6.07, 6.45) is 2.18. The van der Waals surface area contributed by atoms with Crippen molar-refractivity contribution in [2.75, 3.05) is 0 Å². The van der Waals surface area contributed by atoms with E-state index in [9.17, 15) is 18.4 Å². The van der Waals surface area contributed by atoms with Gasteiger partial charge in [-0.25, -0.2) is 8.78 Å². The van der Waals surface area contributed by atoms with Gasteiger partial charge in [-0.2, -0.15) is 5.26 Å². The molecule has 3 rings (SSSR count). The maximum atomic E-state index is 14.2. The molecular formula is C21H18F2N4O2. The molecule has 0 spiro atoms. The predicted molar refractivity (Wildman–Crippen MR) is 105 cm³/mol. The fourth-order valence-corrected chi connectivity index (χ4v) is 3.24. The summed E-state index contributed by atoms with van der Waals surface area (Å²) < 4.78 is 27.8. The van der Waals surface area contributed by atoms with Crippen LogP contribution in [-0.2, 0) is 10.2 Å². The van der Waals surface area contributed by atoms with Gasteiger partial charge in [-0.15, -0.1) is 0 Å². The highest BCUT2D eigenvalue weighted by atomic mass is 19.2. The number of rotatable bonds is 6. The third-order valence-electron chi connectivity index (χ3n) is 5.05. The molecule has 1 atom stereocenters. The first-order chi connectivity index (χ1) is 13.7. The van der Waals surface area contributed by atoms with Gasteiger partial charge in [0.05, 0.1) is 28.7 Å². The second-order valence-electron chi connectivity index (χ2n) is 6.98. The zero-order valence-electron chi connectivity index (χ0n) is 15.7. The quantitative estimate of drug-likeness (QED) is 0.446. The molecule has 1 aromatic heterocycles. The number of aromatic amines is 1. The molecule has 1 saturated carbocycles. The van der Waals surface area contributed by atoms with Crippen molar-refractivity contribution in [3.8, 4) is 6.07 Å². The van der Waals surface area contributed by atoms with Gasteiger partial charge < -0.3 is 10.3 Å². The van der Waals surface area contributed by atoms with E-state index in [1.807, 2.05) is 6.07 Å². The average molecular weight is 396 g/mol. The van der Waals surface area contributed by atoms with Crippen LogP contribution < -0.4 is 10.9 Å². The molecule has 29 heavy (non-hydrogen) atoms. The van der Waals surface area contributed by atoms with E-state index in [0.717, 1.165) is 6.07 Å². The third kappa shape index (κ3) is 3.59. The first kappa shape index (κ1) is 20.1. The number of nitrogens with one attached hydrogen (secondary N) is 2. The number of nitriles is 1. The van der Waals surface area contributed by atoms with Crippen molar-refractivity contribution in [3.63, 3.8) is 0 Å². The fraction of sp³-hybridized carbons (Fsp3) is 0.238. The lowest BCUT2D eigenvalue weighted by Crippen LogP contribution is -2.42. The van der Waals surface area contributed by atoms with Crippen LogP contribution in [0, 0.1) is 23.0 Å². The average Bonchev–Trinajstić information content (AvgIpc) is 3.50. The van der Waals surface area contributed by atoms with Crippen molar-refractivity contribution in [2.45, 2.75) is 31.2 Å². The second kappa shape index (κ2) is 7.43. The van der Waals surface area contributed by atoms with Gasteiger partial charge >= 0.3 is 0 Å². The van der Waals surface area contributed by atoms with Crippen LogP contribution >= 0.6 is 0 Å². The molecule has 0 radical (unpaired) electrons. The van der Waals surface area contributed by atoms with E-state index in [0.29, 0.717) is 18.5 Å². The number of hydrogen-bond acceptors (Lipinski definition) is 4. The Hall–Kier alpha value is -3.60. The van der Waals surface area contributed by atoms with Gasteiger partial charge in [0.1, 0.15) is 0 Å². The number of carbonyl (C=O) groups is 1. The van der Waals surface area contributed by atoms with E-state index in [1.54, 1.807) is 6.92 Å². The van der Waals surface area contributed by atoms with E-state index in [1.165, 1.54) is 18.2 Å². The highest BCUT2D eigenvalue weighted by Crippen LogP contribution is 2.47. The summed E-state index contributed by atoms with van der Waals surface area (Å²) in [5.41, 5.74) is -0.942. The smallest absolute Gasteiger partial charge is 0.252 e. The first-order valence-electron chi connectivity index (χ1n) is 8.83. The van der Waals surface area contributed by atoms with Gasteiger partial charge in [0.15, 0.2) is 11.6 Å². The zero-order valence-corrected chi connectivity index (χ0v) is 15.7. The number of halogens is 2. The first-order valence-corrected chi connectivity index (χ1v) is 8.83. The summed E-state index contributed by atoms with van der Waals surface area (Å²) in [6.45, 7) is 8.62. The molecule has 1 heterocycles. The summed E-state index contributed by atoms with van der Waals surface area (Å²) in [7, 11) is 0. The maximum Gasteiger partial charge on any atom is 0.252 e. The Kier molecular flexibility index (Phi) is 5.16. The van der Waals surface area contributed by atoms with Gasteiger partial charge in [0.2, 0.25) is 5.91 Å². The molecule has 1 amide bonds. The van der Waals surface area contributed by atoms with Crippen LogP contribution in [0.1, 0.15) is 25.3 Å². The van der Waals surface area contributed by atoms with Crippen LogP contribution in [0.4, 0.5) is 8.78 Å². The standard InChI is InChI=1S/C21H18F2N4O2/c1-11(10-24)8-17(25-3)12(2)26-20(29)21(6-7-21)14-9-13-16(27-19(14)28)5-4-15(22)18(13)23/h4-5,8-9,12H,1,3,6-7H2,2H3,(H,26,29)(H,27,28)/b17-8-/t12-/m0/s1. The van der Waals surface area contributed by atoms with Gasteiger partial charge in [-0.05, 0) is 50.8 Å². The molecule has 1 aliphatic carbocycles. The van der Waals surface area contributed by atoms with E-state index in [2.05, 4.69) is 28.6 Å². The lowest BCUT2D eigenvalue weighted by Gasteiger charge is -2.20. The number of pyridine rings is 1. The Bertz CT molecular complexity index is 1170. The fourth-order valence-electron chi connectivity index (χ4n) is 3.24. The molecule has 1 fully saturated rings. The van der Waals surface area contributed by atoms with Gasteiger partial charge in [-0.3, -0.25) is 14.6 Å². The minimum absolute atomic E-state index is 0.0812. The number of nitrogens with zero attached hydrogens (tertiary/aromatic N) is 2. The Labute approximate surface area is 165 Å². The van der Waals surface area contributed by atoms with Crippen molar-refractivity contribution in [1.82, 2.24) is 10.3 Å². The molecular weight excluding hydrogens is 378 g/mol. The Morgan fingerprint density at radius 1 is 1.45 bits per heavy atom. The summed E-state index contributed by atoms with van der Waals surface area (Å²) >= 11 is 0. The van der Waals surface area contributed by atoms with E-state index in [-0.39, 0.29) is 22.0 Å². The SMILES string of the molecule is C=N/C(=C\C(=C)C#N)[C@H](C)NC(=O)C1(c2cc3c(F)c(F)ccc3[nH]c2=O)CC1. The predicted octanol–water partition coefficient (Wildman–Crippen LogP) is 3.01. The lowest BCUT2D eigenvalue weighted by atomic mass is 9.94.